The Balaban J connectivity index is 2.72. The van der Waals surface area contributed by atoms with E-state index < -0.39 is 5.82 Å². The van der Waals surface area contributed by atoms with Crippen LogP contribution in [0.3, 0.4) is 0 Å². The summed E-state index contributed by atoms with van der Waals surface area (Å²) in [5.74, 6) is -0.354. The standard InChI is InChI=1S/C11H6Cl3FN2/c12-5-1-7(10(14)9(13)2-5)8-3-6(15)4-17-11(8)16/h1-4H,(H2,16,17). The van der Waals surface area contributed by atoms with Gasteiger partial charge in [0, 0.05) is 16.1 Å². The Morgan fingerprint density at radius 2 is 1.76 bits per heavy atom. The highest BCUT2D eigenvalue weighted by atomic mass is 35.5. The second-order valence-corrected chi connectivity index (χ2v) is 4.56. The molecule has 0 fully saturated rings. The monoisotopic (exact) mass is 290 g/mol. The summed E-state index contributed by atoms with van der Waals surface area (Å²) in [4.78, 5) is 3.71. The molecule has 0 aliphatic carbocycles. The van der Waals surface area contributed by atoms with Crippen molar-refractivity contribution in [3.8, 4) is 11.1 Å². The van der Waals surface area contributed by atoms with E-state index in [1.165, 1.54) is 12.1 Å². The Bertz CT molecular complexity index is 587. The van der Waals surface area contributed by atoms with Gasteiger partial charge in [0.15, 0.2) is 0 Å². The number of halogens is 4. The van der Waals surface area contributed by atoms with Crippen LogP contribution in [0.15, 0.2) is 24.4 Å². The number of pyridine rings is 1. The smallest absolute Gasteiger partial charge is 0.142 e. The molecule has 2 N–H and O–H groups in total. The Hall–Kier alpha value is -1.03. The van der Waals surface area contributed by atoms with E-state index in [0.29, 0.717) is 16.1 Å². The zero-order valence-electron chi connectivity index (χ0n) is 8.35. The molecule has 88 valence electrons. The molecule has 1 aromatic carbocycles. The van der Waals surface area contributed by atoms with Crippen LogP contribution < -0.4 is 5.73 Å². The third kappa shape index (κ3) is 2.46. The molecule has 0 saturated carbocycles. The molecule has 2 nitrogen and oxygen atoms in total. The van der Waals surface area contributed by atoms with Crippen molar-refractivity contribution in [1.82, 2.24) is 4.98 Å². The number of benzene rings is 1. The van der Waals surface area contributed by atoms with E-state index in [2.05, 4.69) is 4.98 Å². The van der Waals surface area contributed by atoms with E-state index in [0.717, 1.165) is 6.20 Å². The maximum absolute atomic E-state index is 13.1. The molecule has 0 aliphatic heterocycles. The highest BCUT2D eigenvalue weighted by molar-refractivity contribution is 6.45. The first-order valence-corrected chi connectivity index (χ1v) is 5.68. The van der Waals surface area contributed by atoms with Crippen LogP contribution in [-0.4, -0.2) is 4.98 Å². The molecule has 0 spiro atoms. The Kier molecular flexibility index (Phi) is 3.43. The van der Waals surface area contributed by atoms with Crippen LogP contribution >= 0.6 is 34.8 Å². The minimum atomic E-state index is -0.513. The third-order valence-electron chi connectivity index (χ3n) is 2.17. The van der Waals surface area contributed by atoms with Crippen LogP contribution in [0.1, 0.15) is 0 Å². The van der Waals surface area contributed by atoms with E-state index in [-0.39, 0.29) is 15.9 Å². The molecule has 2 aromatic rings. The summed E-state index contributed by atoms with van der Waals surface area (Å²) in [7, 11) is 0. The van der Waals surface area contributed by atoms with Crippen LogP contribution in [0.5, 0.6) is 0 Å². The highest BCUT2D eigenvalue weighted by Crippen LogP contribution is 2.38. The number of nitrogens with zero attached hydrogens (tertiary/aromatic N) is 1. The van der Waals surface area contributed by atoms with Gasteiger partial charge in [-0.3, -0.25) is 0 Å². The van der Waals surface area contributed by atoms with Gasteiger partial charge in [0.25, 0.3) is 0 Å². The lowest BCUT2D eigenvalue weighted by molar-refractivity contribution is 0.622. The van der Waals surface area contributed by atoms with Crippen molar-refractivity contribution in [3.05, 3.63) is 45.3 Å². The molecule has 0 saturated heterocycles. The number of rotatable bonds is 1. The van der Waals surface area contributed by atoms with Crippen LogP contribution in [0, 0.1) is 5.82 Å². The summed E-state index contributed by atoms with van der Waals surface area (Å²) >= 11 is 17.8. The zero-order valence-corrected chi connectivity index (χ0v) is 10.6. The Labute approximate surface area is 112 Å². The van der Waals surface area contributed by atoms with Crippen LogP contribution in [0.25, 0.3) is 11.1 Å². The van der Waals surface area contributed by atoms with Crippen molar-refractivity contribution in [2.45, 2.75) is 0 Å². The number of hydrogen-bond donors (Lipinski definition) is 1. The fourth-order valence-electron chi connectivity index (χ4n) is 1.42. The molecule has 1 aromatic heterocycles. The Morgan fingerprint density at radius 3 is 2.47 bits per heavy atom. The van der Waals surface area contributed by atoms with Crippen molar-refractivity contribution >= 4 is 40.6 Å². The zero-order chi connectivity index (χ0) is 12.6. The summed E-state index contributed by atoms with van der Waals surface area (Å²) in [6, 6.07) is 4.29. The van der Waals surface area contributed by atoms with Crippen molar-refractivity contribution < 1.29 is 4.39 Å². The normalized spacial score (nSPS) is 10.6. The van der Waals surface area contributed by atoms with Gasteiger partial charge in [-0.1, -0.05) is 34.8 Å². The van der Waals surface area contributed by atoms with Gasteiger partial charge in [-0.2, -0.15) is 0 Å². The van der Waals surface area contributed by atoms with Gasteiger partial charge in [-0.05, 0) is 18.2 Å². The highest BCUT2D eigenvalue weighted by Gasteiger charge is 2.13. The van der Waals surface area contributed by atoms with Gasteiger partial charge in [0.05, 0.1) is 16.2 Å². The van der Waals surface area contributed by atoms with Crippen LogP contribution in [-0.2, 0) is 0 Å². The quantitative estimate of drug-likeness (QED) is 0.789. The predicted octanol–water partition coefficient (Wildman–Crippen LogP) is 4.43. The number of nitrogens with two attached hydrogens (primary N) is 1. The first-order chi connectivity index (χ1) is 7.99. The first kappa shape index (κ1) is 12.4. The fraction of sp³-hybridized carbons (Fsp3) is 0. The van der Waals surface area contributed by atoms with Gasteiger partial charge in [0.1, 0.15) is 11.6 Å². The SMILES string of the molecule is Nc1ncc(F)cc1-c1cc(Cl)cc(Cl)c1Cl. The average Bonchev–Trinajstić information content (AvgIpc) is 2.27. The number of nitrogen functional groups attached to an aromatic ring is 1. The van der Waals surface area contributed by atoms with E-state index in [4.69, 9.17) is 40.5 Å². The number of anilines is 1. The second-order valence-electron chi connectivity index (χ2n) is 3.34. The minimum absolute atomic E-state index is 0.159. The summed E-state index contributed by atoms with van der Waals surface area (Å²) < 4.78 is 13.1. The lowest BCUT2D eigenvalue weighted by Gasteiger charge is -2.09. The van der Waals surface area contributed by atoms with E-state index >= 15 is 0 Å². The molecular formula is C11H6Cl3FN2. The number of aromatic nitrogens is 1. The van der Waals surface area contributed by atoms with Crippen LogP contribution in [0.4, 0.5) is 10.2 Å². The van der Waals surface area contributed by atoms with Crippen molar-refractivity contribution in [2.75, 3.05) is 5.73 Å². The number of hydrogen-bond acceptors (Lipinski definition) is 2. The molecule has 0 bridgehead atoms. The predicted molar refractivity (Wildman–Crippen MR) is 69.1 cm³/mol. The second kappa shape index (κ2) is 4.69. The lowest BCUT2D eigenvalue weighted by atomic mass is 10.1. The summed E-state index contributed by atoms with van der Waals surface area (Å²) in [5, 5.41) is 0.922. The molecule has 0 radical (unpaired) electrons. The van der Waals surface area contributed by atoms with E-state index in [9.17, 15) is 4.39 Å². The summed E-state index contributed by atoms with van der Waals surface area (Å²) in [6.45, 7) is 0. The first-order valence-electron chi connectivity index (χ1n) is 4.55. The summed E-state index contributed by atoms with van der Waals surface area (Å²) in [5.41, 5.74) is 6.48. The minimum Gasteiger partial charge on any atom is -0.383 e. The van der Waals surface area contributed by atoms with Gasteiger partial charge < -0.3 is 5.73 Å². The van der Waals surface area contributed by atoms with Crippen molar-refractivity contribution in [2.24, 2.45) is 0 Å². The van der Waals surface area contributed by atoms with Crippen molar-refractivity contribution in [1.29, 1.82) is 0 Å². The summed E-state index contributed by atoms with van der Waals surface area (Å²) in [6.07, 6.45) is 1.03. The van der Waals surface area contributed by atoms with Gasteiger partial charge in [-0.15, -0.1) is 0 Å². The largest absolute Gasteiger partial charge is 0.383 e. The van der Waals surface area contributed by atoms with Crippen molar-refractivity contribution in [3.63, 3.8) is 0 Å². The van der Waals surface area contributed by atoms with Gasteiger partial charge >= 0.3 is 0 Å². The molecule has 0 aliphatic rings. The topological polar surface area (TPSA) is 38.9 Å². The maximum atomic E-state index is 13.1. The van der Waals surface area contributed by atoms with Gasteiger partial charge in [-0.25, -0.2) is 9.37 Å². The van der Waals surface area contributed by atoms with E-state index in [1.807, 2.05) is 0 Å². The lowest BCUT2D eigenvalue weighted by Crippen LogP contribution is -1.95. The molecular weight excluding hydrogens is 285 g/mol. The molecule has 2 rings (SSSR count). The maximum Gasteiger partial charge on any atom is 0.142 e. The molecule has 0 unspecified atom stereocenters. The van der Waals surface area contributed by atoms with Gasteiger partial charge in [0.2, 0.25) is 0 Å². The molecule has 0 amide bonds. The Morgan fingerprint density at radius 1 is 1.06 bits per heavy atom. The third-order valence-corrected chi connectivity index (χ3v) is 3.19. The molecule has 6 heteroatoms. The van der Waals surface area contributed by atoms with Crippen LogP contribution in [0.2, 0.25) is 15.1 Å². The van der Waals surface area contributed by atoms with E-state index in [1.54, 1.807) is 6.07 Å². The molecule has 17 heavy (non-hydrogen) atoms. The fourth-order valence-corrected chi connectivity index (χ4v) is 2.12. The average molecular weight is 292 g/mol. The molecule has 1 heterocycles. The molecule has 0 atom stereocenters.